The smallest absolute Gasteiger partial charge is 0.472 e. The van der Waals surface area contributed by atoms with E-state index in [4.69, 9.17) is 24.8 Å². The topological polar surface area (TPSA) is 172 Å². The first-order chi connectivity index (χ1) is 28.1. The number of nitrogens with two attached hydrogens (primary N) is 1. The lowest BCUT2D eigenvalue weighted by Gasteiger charge is -2.20. The summed E-state index contributed by atoms with van der Waals surface area (Å²) < 4.78 is 32.7. The van der Waals surface area contributed by atoms with Crippen LogP contribution >= 0.6 is 7.82 Å². The summed E-state index contributed by atoms with van der Waals surface area (Å²) >= 11 is 0. The molecule has 1 unspecified atom stereocenters. The number of phosphoric acid groups is 1. The maximum absolute atomic E-state index is 12.6. The first-order valence-electron chi connectivity index (χ1n) is 22.7. The molecule has 0 spiro atoms. The van der Waals surface area contributed by atoms with Crippen molar-refractivity contribution in [2.75, 3.05) is 19.8 Å². The van der Waals surface area contributed by atoms with Crippen LogP contribution in [0, 0.1) is 0 Å². The van der Waals surface area contributed by atoms with Crippen molar-refractivity contribution in [2.45, 2.75) is 206 Å². The molecule has 0 aromatic heterocycles. The number of carboxylic acid groups (broad SMARTS) is 1. The molecule has 3 atom stereocenters. The Kier molecular flexibility index (Phi) is 39.4. The molecule has 0 aromatic rings. The monoisotopic (exact) mass is 840 g/mol. The average molecular weight is 840 g/mol. The number of rotatable bonds is 42. The quantitative estimate of drug-likeness (QED) is 0.0231. The second kappa shape index (κ2) is 41.2. The average Bonchev–Trinajstić information content (AvgIpc) is 3.20. The zero-order valence-corrected chi connectivity index (χ0v) is 37.3. The van der Waals surface area contributed by atoms with Gasteiger partial charge in [0, 0.05) is 12.8 Å². The lowest BCUT2D eigenvalue weighted by molar-refractivity contribution is -0.161. The molecule has 0 saturated carbocycles. The van der Waals surface area contributed by atoms with E-state index in [9.17, 15) is 23.8 Å². The number of hydrogen-bond donors (Lipinski definition) is 3. The normalized spacial score (nSPS) is 14.1. The van der Waals surface area contributed by atoms with Crippen molar-refractivity contribution in [1.82, 2.24) is 0 Å². The summed E-state index contributed by atoms with van der Waals surface area (Å²) in [6.07, 6.45) is 46.1. The molecule has 0 aliphatic carbocycles. The van der Waals surface area contributed by atoms with Gasteiger partial charge in [-0.15, -0.1) is 0 Å². The van der Waals surface area contributed by atoms with Gasteiger partial charge in [-0.1, -0.05) is 152 Å². The third-order valence-corrected chi connectivity index (χ3v) is 10.5. The molecular formula is C46H82NO10P. The van der Waals surface area contributed by atoms with E-state index in [1.807, 2.05) is 0 Å². The molecule has 12 heteroatoms. The Labute approximate surface area is 352 Å². The van der Waals surface area contributed by atoms with Gasteiger partial charge in [0.25, 0.3) is 0 Å². The van der Waals surface area contributed by atoms with E-state index in [1.54, 1.807) is 0 Å². The van der Waals surface area contributed by atoms with Crippen molar-refractivity contribution in [2.24, 2.45) is 5.73 Å². The number of carbonyl (C=O) groups is 3. The van der Waals surface area contributed by atoms with Crippen LogP contribution in [0.15, 0.2) is 48.6 Å². The number of allylic oxidation sites excluding steroid dienone is 8. The lowest BCUT2D eigenvalue weighted by atomic mass is 10.1. The van der Waals surface area contributed by atoms with Crippen LogP contribution in [0.2, 0.25) is 0 Å². The standard InChI is InChI=1S/C46H82NO10P/c1-3-5-7-9-11-13-15-17-19-20-21-22-24-25-27-29-31-33-35-37-44(48)54-39-42(40-55-58(52,53)56-41-43(47)46(50)51)57-45(49)38-36-34-32-30-28-26-23-18-16-14-12-10-8-6-4-2/h12,14,18,20-21,23,28,30,42-43H,3-11,13,15-17,19,22,24-27,29,31-41,47H2,1-2H3,(H,50,51)(H,52,53)/b14-12-,21-20-,23-18-,30-28-/t42-,43+/m1/s1. The number of unbranched alkanes of at least 4 members (excludes halogenated alkanes) is 20. The van der Waals surface area contributed by atoms with E-state index < -0.39 is 51.1 Å². The minimum atomic E-state index is -4.73. The molecule has 0 fully saturated rings. The van der Waals surface area contributed by atoms with Crippen LogP contribution in [0.25, 0.3) is 0 Å². The maximum atomic E-state index is 12.6. The summed E-state index contributed by atoms with van der Waals surface area (Å²) in [5.41, 5.74) is 5.33. The summed E-state index contributed by atoms with van der Waals surface area (Å²) in [4.78, 5) is 46.0. The summed E-state index contributed by atoms with van der Waals surface area (Å²) in [7, 11) is -4.73. The van der Waals surface area contributed by atoms with E-state index in [1.165, 1.54) is 96.3 Å². The Morgan fingerprint density at radius 3 is 1.45 bits per heavy atom. The second-order valence-corrected chi connectivity index (χ2v) is 16.6. The van der Waals surface area contributed by atoms with Gasteiger partial charge in [0.05, 0.1) is 13.2 Å². The summed E-state index contributed by atoms with van der Waals surface area (Å²) in [5.74, 6) is -2.43. The molecular weight excluding hydrogens is 757 g/mol. The van der Waals surface area contributed by atoms with Crippen LogP contribution < -0.4 is 5.73 Å². The van der Waals surface area contributed by atoms with Gasteiger partial charge in [-0.25, -0.2) is 4.57 Å². The fourth-order valence-electron chi connectivity index (χ4n) is 5.95. The first-order valence-corrected chi connectivity index (χ1v) is 24.2. The molecule has 11 nitrogen and oxygen atoms in total. The van der Waals surface area contributed by atoms with Crippen molar-refractivity contribution in [1.29, 1.82) is 0 Å². The number of aliphatic carboxylic acids is 1. The van der Waals surface area contributed by atoms with Gasteiger partial charge in [0.15, 0.2) is 6.10 Å². The number of esters is 2. The van der Waals surface area contributed by atoms with Crippen LogP contribution in [0.1, 0.15) is 194 Å². The van der Waals surface area contributed by atoms with E-state index >= 15 is 0 Å². The van der Waals surface area contributed by atoms with Gasteiger partial charge in [-0.3, -0.25) is 23.4 Å². The lowest BCUT2D eigenvalue weighted by Crippen LogP contribution is -2.34. The van der Waals surface area contributed by atoms with Crippen LogP contribution in [0.3, 0.4) is 0 Å². The Morgan fingerprint density at radius 2 is 0.914 bits per heavy atom. The summed E-state index contributed by atoms with van der Waals surface area (Å²) in [5, 5.41) is 8.89. The highest BCUT2D eigenvalue weighted by molar-refractivity contribution is 7.47. The maximum Gasteiger partial charge on any atom is 0.472 e. The molecule has 336 valence electrons. The number of hydrogen-bond acceptors (Lipinski definition) is 9. The van der Waals surface area contributed by atoms with E-state index in [0.29, 0.717) is 12.8 Å². The van der Waals surface area contributed by atoms with Gasteiger partial charge < -0.3 is 25.2 Å². The zero-order chi connectivity index (χ0) is 42.8. The number of carbonyl (C=O) groups excluding carboxylic acids is 2. The fourth-order valence-corrected chi connectivity index (χ4v) is 6.73. The Morgan fingerprint density at radius 1 is 0.534 bits per heavy atom. The van der Waals surface area contributed by atoms with Crippen molar-refractivity contribution >= 4 is 25.7 Å². The SMILES string of the molecule is CCCCC/C=C\C/C=C\C/C=C\CCCCC(=O)O[C@H](COC(=O)CCCCCCCCC/C=C\CCCCCCCCCC)COP(=O)(O)OC[C@H](N)C(=O)O. The second-order valence-electron chi connectivity index (χ2n) is 15.2. The van der Waals surface area contributed by atoms with Crippen molar-refractivity contribution < 1.29 is 47.5 Å². The molecule has 0 heterocycles. The van der Waals surface area contributed by atoms with E-state index in [-0.39, 0.29) is 19.4 Å². The van der Waals surface area contributed by atoms with Gasteiger partial charge in [0.2, 0.25) is 0 Å². The van der Waals surface area contributed by atoms with Gasteiger partial charge >= 0.3 is 25.7 Å². The van der Waals surface area contributed by atoms with Crippen LogP contribution in [-0.2, 0) is 37.5 Å². The third kappa shape index (κ3) is 40.2. The molecule has 0 radical (unpaired) electrons. The molecule has 0 amide bonds. The highest BCUT2D eigenvalue weighted by atomic mass is 31.2. The van der Waals surface area contributed by atoms with E-state index in [2.05, 4.69) is 67.0 Å². The highest BCUT2D eigenvalue weighted by Crippen LogP contribution is 2.43. The molecule has 0 aliphatic rings. The van der Waals surface area contributed by atoms with E-state index in [0.717, 1.165) is 57.8 Å². The van der Waals surface area contributed by atoms with Crippen LogP contribution in [0.5, 0.6) is 0 Å². The van der Waals surface area contributed by atoms with Gasteiger partial charge in [-0.05, 0) is 77.0 Å². The molecule has 0 bridgehead atoms. The Bertz CT molecular complexity index is 1170. The molecule has 0 rings (SSSR count). The molecule has 58 heavy (non-hydrogen) atoms. The first kappa shape index (κ1) is 55.4. The van der Waals surface area contributed by atoms with Crippen molar-refractivity contribution in [3.05, 3.63) is 48.6 Å². The Balaban J connectivity index is 4.38. The number of carboxylic acids is 1. The largest absolute Gasteiger partial charge is 0.480 e. The molecule has 4 N–H and O–H groups in total. The minimum Gasteiger partial charge on any atom is -0.480 e. The van der Waals surface area contributed by atoms with Crippen LogP contribution in [-0.4, -0.2) is 59.9 Å². The predicted molar refractivity (Wildman–Crippen MR) is 235 cm³/mol. The zero-order valence-electron chi connectivity index (χ0n) is 36.4. The molecule has 0 saturated heterocycles. The predicted octanol–water partition coefficient (Wildman–Crippen LogP) is 12.2. The Hall–Kier alpha value is -2.56. The molecule has 0 aromatic carbocycles. The van der Waals surface area contributed by atoms with Crippen molar-refractivity contribution in [3.8, 4) is 0 Å². The van der Waals surface area contributed by atoms with Crippen LogP contribution in [0.4, 0.5) is 0 Å². The highest BCUT2D eigenvalue weighted by Gasteiger charge is 2.28. The molecule has 0 aliphatic heterocycles. The van der Waals surface area contributed by atoms with Gasteiger partial charge in [-0.2, -0.15) is 0 Å². The summed E-state index contributed by atoms with van der Waals surface area (Å²) in [6, 6.07) is -1.53. The van der Waals surface area contributed by atoms with Gasteiger partial charge in [0.1, 0.15) is 12.6 Å². The summed E-state index contributed by atoms with van der Waals surface area (Å²) in [6.45, 7) is 2.73. The number of phosphoric ester groups is 1. The number of ether oxygens (including phenoxy) is 2. The third-order valence-electron chi connectivity index (χ3n) is 9.55. The fraction of sp³-hybridized carbons (Fsp3) is 0.761. The minimum absolute atomic E-state index is 0.111. The van der Waals surface area contributed by atoms with Crippen molar-refractivity contribution in [3.63, 3.8) is 0 Å².